The number of nitrogens with zero attached hydrogens (tertiary/aromatic N) is 3. The first kappa shape index (κ1) is 20.3. The molecule has 2 aromatic rings. The highest BCUT2D eigenvalue weighted by Crippen LogP contribution is 2.43. The third-order valence-corrected chi connectivity index (χ3v) is 7.56. The molecule has 1 aromatic carbocycles. The number of morpholine rings is 1. The van der Waals surface area contributed by atoms with E-state index in [-0.39, 0.29) is 6.10 Å². The van der Waals surface area contributed by atoms with Crippen LogP contribution in [0.5, 0.6) is 5.75 Å². The SMILES string of the molecule is CC1Oc2ccc(C3CCN(C4CNC4)CC3)cc2Nc2nccc(N3CCOCC3)c21. The summed E-state index contributed by atoms with van der Waals surface area (Å²) in [5.41, 5.74) is 4.77. The van der Waals surface area contributed by atoms with Crippen molar-refractivity contribution in [2.45, 2.75) is 37.8 Å². The standard InChI is InChI=1S/C25H33N5O2/c1-17-24-22(30-10-12-31-13-11-30)4-7-27-25(24)28-21-14-19(2-3-23(21)32-17)18-5-8-29(9-6-18)20-15-26-16-20/h2-4,7,14,17-18,20,26H,5-6,8-13,15-16H2,1H3,(H,27,28). The highest BCUT2D eigenvalue weighted by molar-refractivity contribution is 5.74. The van der Waals surface area contributed by atoms with E-state index in [4.69, 9.17) is 14.5 Å². The lowest BCUT2D eigenvalue weighted by Gasteiger charge is -2.42. The van der Waals surface area contributed by atoms with E-state index < -0.39 is 0 Å². The summed E-state index contributed by atoms with van der Waals surface area (Å²) in [4.78, 5) is 9.76. The molecule has 7 heteroatoms. The topological polar surface area (TPSA) is 61.9 Å². The van der Waals surface area contributed by atoms with E-state index >= 15 is 0 Å². The van der Waals surface area contributed by atoms with E-state index in [1.54, 1.807) is 0 Å². The molecule has 1 aromatic heterocycles. The lowest BCUT2D eigenvalue weighted by Crippen LogP contribution is -2.58. The molecule has 0 spiro atoms. The fourth-order valence-corrected chi connectivity index (χ4v) is 5.55. The average Bonchev–Trinajstić information content (AvgIpc) is 2.94. The molecule has 4 aliphatic rings. The minimum atomic E-state index is -0.0736. The molecule has 6 rings (SSSR count). The summed E-state index contributed by atoms with van der Waals surface area (Å²) in [7, 11) is 0. The number of anilines is 3. The van der Waals surface area contributed by atoms with Gasteiger partial charge in [-0.25, -0.2) is 4.98 Å². The summed E-state index contributed by atoms with van der Waals surface area (Å²) in [6.45, 7) is 10.2. The Bertz CT molecular complexity index is 965. The molecule has 0 bridgehead atoms. The maximum absolute atomic E-state index is 6.45. The van der Waals surface area contributed by atoms with Gasteiger partial charge >= 0.3 is 0 Å². The molecule has 1 atom stereocenters. The molecule has 32 heavy (non-hydrogen) atoms. The first-order valence-electron chi connectivity index (χ1n) is 12.1. The van der Waals surface area contributed by atoms with Gasteiger partial charge in [0, 0.05) is 44.1 Å². The van der Waals surface area contributed by atoms with Gasteiger partial charge in [0.05, 0.1) is 24.5 Å². The Morgan fingerprint density at radius 2 is 1.84 bits per heavy atom. The van der Waals surface area contributed by atoms with Crippen LogP contribution in [0.25, 0.3) is 0 Å². The van der Waals surface area contributed by atoms with Gasteiger partial charge in [-0.15, -0.1) is 0 Å². The number of pyridine rings is 1. The highest BCUT2D eigenvalue weighted by Gasteiger charge is 2.30. The molecule has 5 heterocycles. The summed E-state index contributed by atoms with van der Waals surface area (Å²) < 4.78 is 12.0. The van der Waals surface area contributed by atoms with E-state index in [0.29, 0.717) is 5.92 Å². The van der Waals surface area contributed by atoms with Crippen LogP contribution in [0.1, 0.15) is 42.9 Å². The number of nitrogens with one attached hydrogen (secondary N) is 2. The molecule has 0 aliphatic carbocycles. The smallest absolute Gasteiger partial charge is 0.143 e. The monoisotopic (exact) mass is 435 g/mol. The van der Waals surface area contributed by atoms with Gasteiger partial charge in [-0.1, -0.05) is 6.07 Å². The van der Waals surface area contributed by atoms with Crippen molar-refractivity contribution in [3.63, 3.8) is 0 Å². The lowest BCUT2D eigenvalue weighted by molar-refractivity contribution is 0.113. The molecule has 0 radical (unpaired) electrons. The van der Waals surface area contributed by atoms with Gasteiger partial charge in [0.15, 0.2) is 0 Å². The van der Waals surface area contributed by atoms with Crippen molar-refractivity contribution in [3.05, 3.63) is 41.6 Å². The summed E-state index contributed by atoms with van der Waals surface area (Å²) in [5, 5.41) is 7.02. The quantitative estimate of drug-likeness (QED) is 0.767. The number of rotatable bonds is 3. The van der Waals surface area contributed by atoms with Crippen molar-refractivity contribution in [1.82, 2.24) is 15.2 Å². The van der Waals surface area contributed by atoms with Crippen LogP contribution in [0.4, 0.5) is 17.2 Å². The van der Waals surface area contributed by atoms with E-state index in [9.17, 15) is 0 Å². The third-order valence-electron chi connectivity index (χ3n) is 7.56. The third kappa shape index (κ3) is 3.72. The molecule has 1 unspecified atom stereocenters. The molecule has 0 saturated carbocycles. The number of piperidine rings is 1. The van der Waals surface area contributed by atoms with E-state index in [1.807, 2.05) is 6.20 Å². The first-order valence-corrected chi connectivity index (χ1v) is 12.1. The van der Waals surface area contributed by atoms with Gasteiger partial charge in [-0.3, -0.25) is 4.90 Å². The minimum absolute atomic E-state index is 0.0736. The van der Waals surface area contributed by atoms with Crippen molar-refractivity contribution in [1.29, 1.82) is 0 Å². The summed E-state index contributed by atoms with van der Waals surface area (Å²) in [6, 6.07) is 9.58. The van der Waals surface area contributed by atoms with Crippen molar-refractivity contribution < 1.29 is 9.47 Å². The van der Waals surface area contributed by atoms with Crippen LogP contribution in [0.3, 0.4) is 0 Å². The van der Waals surface area contributed by atoms with Gasteiger partial charge in [-0.05, 0) is 62.5 Å². The second-order valence-electron chi connectivity index (χ2n) is 9.45. The largest absolute Gasteiger partial charge is 0.484 e. The van der Waals surface area contributed by atoms with E-state index in [0.717, 1.165) is 68.3 Å². The first-order chi connectivity index (χ1) is 15.8. The predicted molar refractivity (Wildman–Crippen MR) is 126 cm³/mol. The van der Waals surface area contributed by atoms with E-state index in [1.165, 1.54) is 37.2 Å². The van der Waals surface area contributed by atoms with Gasteiger partial charge in [0.1, 0.15) is 17.7 Å². The number of benzene rings is 1. The second kappa shape index (κ2) is 8.54. The van der Waals surface area contributed by atoms with Gasteiger partial charge in [0.25, 0.3) is 0 Å². The van der Waals surface area contributed by atoms with Crippen molar-refractivity contribution in [3.8, 4) is 5.75 Å². The zero-order valence-electron chi connectivity index (χ0n) is 18.8. The number of fused-ring (bicyclic) bond motifs is 2. The van der Waals surface area contributed by atoms with Gasteiger partial charge in [-0.2, -0.15) is 0 Å². The maximum Gasteiger partial charge on any atom is 0.143 e. The van der Waals surface area contributed by atoms with Crippen molar-refractivity contribution in [2.24, 2.45) is 0 Å². The Morgan fingerprint density at radius 3 is 2.59 bits per heavy atom. The average molecular weight is 436 g/mol. The maximum atomic E-state index is 6.45. The molecular formula is C25H33N5O2. The molecule has 3 fully saturated rings. The molecular weight excluding hydrogens is 402 g/mol. The Kier molecular flexibility index (Phi) is 5.41. The molecule has 170 valence electrons. The molecule has 4 aliphatic heterocycles. The number of aromatic nitrogens is 1. The van der Waals surface area contributed by atoms with Crippen LogP contribution in [0.15, 0.2) is 30.5 Å². The number of hydrogen-bond acceptors (Lipinski definition) is 7. The van der Waals surface area contributed by atoms with Crippen LogP contribution in [-0.4, -0.2) is 68.4 Å². The zero-order valence-corrected chi connectivity index (χ0v) is 18.8. The molecule has 0 amide bonds. The van der Waals surface area contributed by atoms with Crippen LogP contribution in [0, 0.1) is 0 Å². The Morgan fingerprint density at radius 1 is 1.03 bits per heavy atom. The Labute approximate surface area is 190 Å². The zero-order chi connectivity index (χ0) is 21.5. The highest BCUT2D eigenvalue weighted by atomic mass is 16.5. The summed E-state index contributed by atoms with van der Waals surface area (Å²) in [5.74, 6) is 2.43. The minimum Gasteiger partial charge on any atom is -0.484 e. The van der Waals surface area contributed by atoms with Crippen LogP contribution >= 0.6 is 0 Å². The fourth-order valence-electron chi connectivity index (χ4n) is 5.55. The Hall–Kier alpha value is -2.35. The number of ether oxygens (including phenoxy) is 2. The van der Waals surface area contributed by atoms with Crippen LogP contribution in [0.2, 0.25) is 0 Å². The van der Waals surface area contributed by atoms with Gasteiger partial charge < -0.3 is 25.0 Å². The molecule has 7 nitrogen and oxygen atoms in total. The summed E-state index contributed by atoms with van der Waals surface area (Å²) >= 11 is 0. The summed E-state index contributed by atoms with van der Waals surface area (Å²) in [6.07, 6.45) is 4.28. The number of likely N-dealkylation sites (tertiary alicyclic amines) is 1. The van der Waals surface area contributed by atoms with E-state index in [2.05, 4.69) is 51.6 Å². The molecule has 2 N–H and O–H groups in total. The van der Waals surface area contributed by atoms with Crippen molar-refractivity contribution in [2.75, 3.05) is 62.7 Å². The predicted octanol–water partition coefficient (Wildman–Crippen LogP) is 3.27. The molecule has 3 saturated heterocycles. The van der Waals surface area contributed by atoms with Crippen LogP contribution in [-0.2, 0) is 4.74 Å². The lowest BCUT2D eigenvalue weighted by atomic mass is 9.88. The Balaban J connectivity index is 1.24. The second-order valence-corrected chi connectivity index (χ2v) is 9.45. The van der Waals surface area contributed by atoms with Crippen molar-refractivity contribution >= 4 is 17.2 Å². The van der Waals surface area contributed by atoms with Gasteiger partial charge in [0.2, 0.25) is 0 Å². The van der Waals surface area contributed by atoms with Crippen LogP contribution < -0.4 is 20.3 Å². The fraction of sp³-hybridized carbons (Fsp3) is 0.560. The normalized spacial score (nSPS) is 24.5. The number of hydrogen-bond donors (Lipinski definition) is 2.